The fourth-order valence-corrected chi connectivity index (χ4v) is 2.61. The number of rotatable bonds is 3. The predicted molar refractivity (Wildman–Crippen MR) is 88.2 cm³/mol. The first-order chi connectivity index (χ1) is 9.90. The lowest BCUT2D eigenvalue weighted by Crippen LogP contribution is -2.15. The molecule has 108 valence electrons. The molecule has 0 saturated heterocycles. The number of hydrogen-bond acceptors (Lipinski definition) is 2. The highest BCUT2D eigenvalue weighted by Crippen LogP contribution is 2.28. The van der Waals surface area contributed by atoms with Crippen molar-refractivity contribution in [3.05, 3.63) is 61.5 Å². The molecule has 0 aromatic heterocycles. The van der Waals surface area contributed by atoms with Gasteiger partial charge in [-0.1, -0.05) is 33.6 Å². The van der Waals surface area contributed by atoms with Crippen LogP contribution in [-0.4, -0.2) is 17.0 Å². The second kappa shape index (κ2) is 6.60. The van der Waals surface area contributed by atoms with Gasteiger partial charge in [-0.2, -0.15) is 0 Å². The number of halogens is 3. The summed E-state index contributed by atoms with van der Waals surface area (Å²) in [5, 5.41) is 12.0. The molecule has 0 aliphatic rings. The van der Waals surface area contributed by atoms with Gasteiger partial charge in [0.15, 0.2) is 0 Å². The fraction of sp³-hybridized carbons (Fsp3) is 0. The molecule has 0 fully saturated rings. The van der Waals surface area contributed by atoms with E-state index in [4.69, 9.17) is 16.7 Å². The summed E-state index contributed by atoms with van der Waals surface area (Å²) in [6.07, 6.45) is 0. The van der Waals surface area contributed by atoms with Crippen molar-refractivity contribution in [1.29, 1.82) is 0 Å². The maximum absolute atomic E-state index is 12.2. The second-order valence-electron chi connectivity index (χ2n) is 4.05. The summed E-state index contributed by atoms with van der Waals surface area (Å²) in [4.78, 5) is 23.4. The predicted octanol–water partition coefficient (Wildman–Crippen LogP) is 4.82. The summed E-state index contributed by atoms with van der Waals surface area (Å²) >= 11 is 12.5. The topological polar surface area (TPSA) is 66.4 Å². The minimum atomic E-state index is -1.13. The minimum Gasteiger partial charge on any atom is -0.478 e. The maximum atomic E-state index is 12.2. The van der Waals surface area contributed by atoms with E-state index in [9.17, 15) is 9.59 Å². The van der Waals surface area contributed by atoms with Crippen molar-refractivity contribution < 1.29 is 14.7 Å². The van der Waals surface area contributed by atoms with Crippen LogP contribution < -0.4 is 5.32 Å². The highest BCUT2D eigenvalue weighted by molar-refractivity contribution is 9.10. The van der Waals surface area contributed by atoms with E-state index in [1.54, 1.807) is 24.3 Å². The van der Waals surface area contributed by atoms with Gasteiger partial charge in [-0.05, 0) is 46.3 Å². The normalized spacial score (nSPS) is 10.2. The van der Waals surface area contributed by atoms with Crippen molar-refractivity contribution in [2.75, 3.05) is 5.32 Å². The molecular weight excluding hydrogens is 425 g/mol. The Bertz CT molecular complexity index is 734. The monoisotopic (exact) mass is 431 g/mol. The Morgan fingerprint density at radius 1 is 1.10 bits per heavy atom. The van der Waals surface area contributed by atoms with E-state index in [2.05, 4.69) is 37.2 Å². The lowest BCUT2D eigenvalue weighted by Gasteiger charge is -2.10. The van der Waals surface area contributed by atoms with Crippen LogP contribution in [0, 0.1) is 0 Å². The molecule has 0 bridgehead atoms. The summed E-state index contributed by atoms with van der Waals surface area (Å²) in [5.41, 5.74) is 0.443. The third kappa shape index (κ3) is 3.64. The standard InChI is InChI=1S/C14H8Br2ClNO3/c15-7-4-5-8(14(20)21)11(6-7)18-13(19)9-2-1-3-10(16)12(9)17/h1-6H,(H,18,19)(H,20,21). The zero-order chi connectivity index (χ0) is 15.6. The highest BCUT2D eigenvalue weighted by Gasteiger charge is 2.16. The quantitative estimate of drug-likeness (QED) is 0.730. The molecule has 0 aliphatic carbocycles. The van der Waals surface area contributed by atoms with Crippen LogP contribution in [0.4, 0.5) is 5.69 Å². The zero-order valence-electron chi connectivity index (χ0n) is 10.4. The van der Waals surface area contributed by atoms with E-state index in [-0.39, 0.29) is 21.8 Å². The molecule has 0 spiro atoms. The number of amides is 1. The number of carboxylic acids is 1. The third-order valence-electron chi connectivity index (χ3n) is 2.66. The van der Waals surface area contributed by atoms with Gasteiger partial charge in [-0.15, -0.1) is 0 Å². The molecule has 0 atom stereocenters. The number of benzene rings is 2. The van der Waals surface area contributed by atoms with Crippen LogP contribution in [0.5, 0.6) is 0 Å². The van der Waals surface area contributed by atoms with E-state index < -0.39 is 11.9 Å². The first-order valence-corrected chi connectivity index (χ1v) is 7.64. The molecule has 2 aromatic rings. The van der Waals surface area contributed by atoms with Crippen LogP contribution in [-0.2, 0) is 0 Å². The molecule has 2 aromatic carbocycles. The first kappa shape index (κ1) is 16.0. The molecule has 0 aliphatic heterocycles. The third-order valence-corrected chi connectivity index (χ3v) is 4.45. The zero-order valence-corrected chi connectivity index (χ0v) is 14.3. The number of nitrogens with one attached hydrogen (secondary N) is 1. The van der Waals surface area contributed by atoms with Crippen LogP contribution in [0.15, 0.2) is 45.3 Å². The number of anilines is 1. The summed E-state index contributed by atoms with van der Waals surface area (Å²) < 4.78 is 1.24. The summed E-state index contributed by atoms with van der Waals surface area (Å²) in [5.74, 6) is -1.61. The average Bonchev–Trinajstić information content (AvgIpc) is 2.41. The number of aromatic carboxylic acids is 1. The van der Waals surface area contributed by atoms with Crippen molar-refractivity contribution in [3.63, 3.8) is 0 Å². The maximum Gasteiger partial charge on any atom is 0.337 e. The summed E-state index contributed by atoms with van der Waals surface area (Å²) in [6, 6.07) is 9.45. The Morgan fingerprint density at radius 2 is 1.81 bits per heavy atom. The van der Waals surface area contributed by atoms with E-state index >= 15 is 0 Å². The van der Waals surface area contributed by atoms with Crippen LogP contribution in [0.2, 0.25) is 5.02 Å². The summed E-state index contributed by atoms with van der Waals surface area (Å²) in [6.45, 7) is 0. The van der Waals surface area contributed by atoms with Gasteiger partial charge >= 0.3 is 5.97 Å². The lowest BCUT2D eigenvalue weighted by atomic mass is 10.1. The number of carboxylic acid groups (broad SMARTS) is 1. The molecule has 2 N–H and O–H groups in total. The van der Waals surface area contributed by atoms with Crippen molar-refractivity contribution in [2.24, 2.45) is 0 Å². The van der Waals surface area contributed by atoms with Crippen LogP contribution in [0.3, 0.4) is 0 Å². The molecular formula is C14H8Br2ClNO3. The van der Waals surface area contributed by atoms with Gasteiger partial charge in [0.2, 0.25) is 0 Å². The Hall–Kier alpha value is -1.37. The van der Waals surface area contributed by atoms with Crippen molar-refractivity contribution in [3.8, 4) is 0 Å². The van der Waals surface area contributed by atoms with Gasteiger partial charge in [0.1, 0.15) is 0 Å². The van der Waals surface area contributed by atoms with Crippen molar-refractivity contribution >= 4 is 61.0 Å². The van der Waals surface area contributed by atoms with Crippen LogP contribution in [0.1, 0.15) is 20.7 Å². The Labute approximate surface area is 142 Å². The second-order valence-corrected chi connectivity index (χ2v) is 6.20. The SMILES string of the molecule is O=C(O)c1ccc(Br)cc1NC(=O)c1cccc(Br)c1Cl. The number of hydrogen-bond donors (Lipinski definition) is 2. The number of carbonyl (C=O) groups is 2. The fourth-order valence-electron chi connectivity index (χ4n) is 1.68. The Balaban J connectivity index is 2.38. The minimum absolute atomic E-state index is 0.00216. The van der Waals surface area contributed by atoms with Crippen LogP contribution in [0.25, 0.3) is 0 Å². The molecule has 0 radical (unpaired) electrons. The number of carbonyl (C=O) groups excluding carboxylic acids is 1. The van der Waals surface area contributed by atoms with Crippen molar-refractivity contribution in [2.45, 2.75) is 0 Å². The molecule has 2 rings (SSSR count). The van der Waals surface area contributed by atoms with Gasteiger partial charge in [0.05, 0.1) is 21.8 Å². The first-order valence-electron chi connectivity index (χ1n) is 5.68. The average molecular weight is 433 g/mol. The highest BCUT2D eigenvalue weighted by atomic mass is 79.9. The molecule has 7 heteroatoms. The molecule has 21 heavy (non-hydrogen) atoms. The Morgan fingerprint density at radius 3 is 2.48 bits per heavy atom. The largest absolute Gasteiger partial charge is 0.478 e. The van der Waals surface area contributed by atoms with Gasteiger partial charge in [0, 0.05) is 8.95 Å². The van der Waals surface area contributed by atoms with E-state index in [0.29, 0.717) is 8.95 Å². The van der Waals surface area contributed by atoms with Crippen molar-refractivity contribution in [1.82, 2.24) is 0 Å². The van der Waals surface area contributed by atoms with E-state index in [0.717, 1.165) is 0 Å². The van der Waals surface area contributed by atoms with Gasteiger partial charge in [-0.25, -0.2) is 4.79 Å². The van der Waals surface area contributed by atoms with Gasteiger partial charge in [0.25, 0.3) is 5.91 Å². The molecule has 0 heterocycles. The van der Waals surface area contributed by atoms with E-state index in [1.165, 1.54) is 12.1 Å². The molecule has 0 saturated carbocycles. The molecule has 0 unspecified atom stereocenters. The van der Waals surface area contributed by atoms with E-state index in [1.807, 2.05) is 0 Å². The smallest absolute Gasteiger partial charge is 0.337 e. The summed E-state index contributed by atoms with van der Waals surface area (Å²) in [7, 11) is 0. The van der Waals surface area contributed by atoms with Crippen LogP contribution >= 0.6 is 43.5 Å². The molecule has 1 amide bonds. The van der Waals surface area contributed by atoms with Gasteiger partial charge in [-0.3, -0.25) is 4.79 Å². The lowest BCUT2D eigenvalue weighted by molar-refractivity contribution is 0.0698. The van der Waals surface area contributed by atoms with Gasteiger partial charge < -0.3 is 10.4 Å². The Kier molecular flexibility index (Phi) is 5.03. The molecule has 4 nitrogen and oxygen atoms in total.